The van der Waals surface area contributed by atoms with Crippen LogP contribution in [0.25, 0.3) is 0 Å². The van der Waals surface area contributed by atoms with Crippen LogP contribution >= 0.6 is 22.9 Å². The molecule has 0 atom stereocenters. The van der Waals surface area contributed by atoms with Gasteiger partial charge in [-0.15, -0.1) is 11.3 Å². The highest BCUT2D eigenvalue weighted by Gasteiger charge is 2.23. The van der Waals surface area contributed by atoms with Crippen LogP contribution in [0.2, 0.25) is 5.02 Å². The number of halogens is 1. The van der Waals surface area contributed by atoms with Crippen molar-refractivity contribution in [1.29, 1.82) is 5.26 Å². The van der Waals surface area contributed by atoms with Crippen LogP contribution in [0.5, 0.6) is 5.75 Å². The second-order valence-corrected chi connectivity index (χ2v) is 7.00. The second-order valence-electron chi connectivity index (χ2n) is 5.46. The van der Waals surface area contributed by atoms with Crippen molar-refractivity contribution in [3.05, 3.63) is 44.8 Å². The third-order valence-electron chi connectivity index (χ3n) is 3.80. The van der Waals surface area contributed by atoms with E-state index in [0.717, 1.165) is 29.7 Å². The van der Waals surface area contributed by atoms with E-state index in [0.29, 0.717) is 10.6 Å². The first-order valence-corrected chi connectivity index (χ1v) is 8.69. The number of carbonyl (C=O) groups excluding carboxylic acids is 2. The number of fused-ring (bicyclic) bond motifs is 1. The van der Waals surface area contributed by atoms with Gasteiger partial charge >= 0.3 is 5.97 Å². The molecule has 0 spiro atoms. The van der Waals surface area contributed by atoms with Gasteiger partial charge in [0.2, 0.25) is 0 Å². The highest BCUT2D eigenvalue weighted by Crippen LogP contribution is 2.38. The van der Waals surface area contributed by atoms with Gasteiger partial charge in [0.15, 0.2) is 6.61 Å². The number of esters is 1. The van der Waals surface area contributed by atoms with E-state index < -0.39 is 18.5 Å². The predicted molar refractivity (Wildman–Crippen MR) is 93.1 cm³/mol. The van der Waals surface area contributed by atoms with E-state index in [1.165, 1.54) is 29.5 Å². The van der Waals surface area contributed by atoms with E-state index in [1.54, 1.807) is 0 Å². The monoisotopic (exact) mass is 376 g/mol. The molecule has 1 aliphatic carbocycles. The van der Waals surface area contributed by atoms with Gasteiger partial charge in [0.1, 0.15) is 22.4 Å². The zero-order valence-corrected chi connectivity index (χ0v) is 14.5. The molecule has 1 aliphatic rings. The number of carbonyl (C=O) groups is 2. The Morgan fingerprint density at radius 3 is 2.96 bits per heavy atom. The Morgan fingerprint density at radius 1 is 1.40 bits per heavy atom. The first-order valence-electron chi connectivity index (χ1n) is 7.49. The molecule has 1 aromatic heterocycles. The lowest BCUT2D eigenvalue weighted by Crippen LogP contribution is -2.21. The van der Waals surface area contributed by atoms with Crippen molar-refractivity contribution < 1.29 is 19.4 Å². The minimum atomic E-state index is -0.857. The number of aryl methyl sites for hydroxylation is 1. The molecule has 0 bridgehead atoms. The molecule has 8 heteroatoms. The molecule has 2 N–H and O–H groups in total. The number of nitrogens with one attached hydrogen (secondary N) is 1. The quantitative estimate of drug-likeness (QED) is 0.798. The van der Waals surface area contributed by atoms with E-state index in [9.17, 15) is 20.0 Å². The fraction of sp³-hybridized carbons (Fsp3) is 0.235. The van der Waals surface area contributed by atoms with Gasteiger partial charge in [0.25, 0.3) is 5.91 Å². The van der Waals surface area contributed by atoms with E-state index in [4.69, 9.17) is 16.3 Å². The van der Waals surface area contributed by atoms with Crippen LogP contribution in [0.1, 0.15) is 32.8 Å². The first kappa shape index (κ1) is 17.3. The zero-order valence-electron chi connectivity index (χ0n) is 13.0. The smallest absolute Gasteiger partial charge is 0.342 e. The summed E-state index contributed by atoms with van der Waals surface area (Å²) < 4.78 is 4.90. The number of anilines is 1. The Balaban J connectivity index is 1.63. The van der Waals surface area contributed by atoms with Crippen LogP contribution < -0.4 is 5.32 Å². The number of nitriles is 1. The molecule has 0 fully saturated rings. The second kappa shape index (κ2) is 7.13. The fourth-order valence-corrected chi connectivity index (χ4v) is 4.08. The third-order valence-corrected chi connectivity index (χ3v) is 5.24. The van der Waals surface area contributed by atoms with Crippen molar-refractivity contribution in [2.24, 2.45) is 0 Å². The van der Waals surface area contributed by atoms with Crippen LogP contribution in [-0.4, -0.2) is 23.6 Å². The maximum absolute atomic E-state index is 12.0. The number of phenolic OH excluding ortho intramolecular Hbond substituents is 1. The molecule has 0 unspecified atom stereocenters. The Labute approximate surface area is 152 Å². The van der Waals surface area contributed by atoms with Crippen molar-refractivity contribution in [2.75, 3.05) is 11.9 Å². The number of amides is 1. The van der Waals surface area contributed by atoms with Crippen LogP contribution in [0.3, 0.4) is 0 Å². The van der Waals surface area contributed by atoms with Crippen LogP contribution in [0.15, 0.2) is 18.2 Å². The molecule has 2 aromatic rings. The van der Waals surface area contributed by atoms with E-state index in [1.807, 2.05) is 0 Å². The summed E-state index contributed by atoms with van der Waals surface area (Å²) >= 11 is 7.16. The molecule has 3 rings (SSSR count). The summed E-state index contributed by atoms with van der Waals surface area (Å²) in [6.07, 6.45) is 2.77. The third kappa shape index (κ3) is 3.60. The molecule has 128 valence electrons. The molecular weight excluding hydrogens is 364 g/mol. The topological polar surface area (TPSA) is 99.4 Å². The molecule has 0 saturated carbocycles. The Hall–Kier alpha value is -2.56. The molecule has 25 heavy (non-hydrogen) atoms. The largest absolute Gasteiger partial charge is 0.507 e. The average Bonchev–Trinajstić information content (AvgIpc) is 3.15. The number of benzene rings is 1. The standard InChI is InChI=1S/C17H13ClN2O4S/c18-9-4-5-13(21)11(6-9)17(23)24-8-15(22)20-16-12(7-19)10-2-1-3-14(10)25-16/h4-6,21H,1-3,8H2,(H,20,22). The van der Waals surface area contributed by atoms with Crippen LogP contribution in [0.4, 0.5) is 5.00 Å². The summed E-state index contributed by atoms with van der Waals surface area (Å²) in [6, 6.07) is 6.08. The molecule has 1 aromatic carbocycles. The molecule has 0 saturated heterocycles. The maximum Gasteiger partial charge on any atom is 0.342 e. The van der Waals surface area contributed by atoms with E-state index in [2.05, 4.69) is 11.4 Å². The van der Waals surface area contributed by atoms with Crippen molar-refractivity contribution in [2.45, 2.75) is 19.3 Å². The Morgan fingerprint density at radius 2 is 2.20 bits per heavy atom. The van der Waals surface area contributed by atoms with Gasteiger partial charge < -0.3 is 15.2 Å². The molecule has 1 heterocycles. The van der Waals surface area contributed by atoms with Crippen LogP contribution in [0, 0.1) is 11.3 Å². The number of aromatic hydroxyl groups is 1. The minimum absolute atomic E-state index is 0.117. The number of rotatable bonds is 4. The lowest BCUT2D eigenvalue weighted by Gasteiger charge is -2.07. The molecular formula is C17H13ClN2O4S. The maximum atomic E-state index is 12.0. The van der Waals surface area contributed by atoms with Gasteiger partial charge in [-0.3, -0.25) is 4.79 Å². The van der Waals surface area contributed by atoms with Crippen LogP contribution in [-0.2, 0) is 22.4 Å². The summed E-state index contributed by atoms with van der Waals surface area (Å²) in [7, 11) is 0. The normalized spacial score (nSPS) is 12.3. The van der Waals surface area contributed by atoms with Gasteiger partial charge in [-0.2, -0.15) is 5.26 Å². The summed E-state index contributed by atoms with van der Waals surface area (Å²) in [4.78, 5) is 25.1. The van der Waals surface area contributed by atoms with Crippen molar-refractivity contribution in [3.63, 3.8) is 0 Å². The number of thiophene rings is 1. The number of phenols is 1. The SMILES string of the molecule is N#Cc1c(NC(=O)COC(=O)c2cc(Cl)ccc2O)sc2c1CCC2. The Bertz CT molecular complexity index is 901. The zero-order chi connectivity index (χ0) is 18.0. The molecule has 0 aliphatic heterocycles. The number of hydrogen-bond acceptors (Lipinski definition) is 6. The van der Waals surface area contributed by atoms with Gasteiger partial charge in [-0.1, -0.05) is 11.6 Å². The molecule has 1 amide bonds. The van der Waals surface area contributed by atoms with E-state index in [-0.39, 0.29) is 16.3 Å². The van der Waals surface area contributed by atoms with E-state index >= 15 is 0 Å². The number of ether oxygens (including phenoxy) is 1. The average molecular weight is 377 g/mol. The lowest BCUT2D eigenvalue weighted by molar-refractivity contribution is -0.119. The predicted octanol–water partition coefficient (Wildman–Crippen LogP) is 3.26. The fourth-order valence-electron chi connectivity index (χ4n) is 2.65. The van der Waals surface area contributed by atoms with Crippen molar-refractivity contribution >= 4 is 39.8 Å². The van der Waals surface area contributed by atoms with Crippen molar-refractivity contribution in [3.8, 4) is 11.8 Å². The van der Waals surface area contributed by atoms with Crippen molar-refractivity contribution in [1.82, 2.24) is 0 Å². The number of nitrogens with zero attached hydrogens (tertiary/aromatic N) is 1. The Kier molecular flexibility index (Phi) is 4.93. The van der Waals surface area contributed by atoms with Gasteiger partial charge in [-0.05, 0) is 43.0 Å². The lowest BCUT2D eigenvalue weighted by atomic mass is 10.1. The summed E-state index contributed by atoms with van der Waals surface area (Å²) in [5.74, 6) is -1.69. The summed E-state index contributed by atoms with van der Waals surface area (Å²) in [5.41, 5.74) is 1.38. The highest BCUT2D eigenvalue weighted by molar-refractivity contribution is 7.16. The number of hydrogen-bond donors (Lipinski definition) is 2. The first-order chi connectivity index (χ1) is 12.0. The minimum Gasteiger partial charge on any atom is -0.507 e. The van der Waals surface area contributed by atoms with Gasteiger partial charge in [0.05, 0.1) is 5.56 Å². The molecule has 0 radical (unpaired) electrons. The van der Waals surface area contributed by atoms with Gasteiger partial charge in [-0.25, -0.2) is 4.79 Å². The van der Waals surface area contributed by atoms with Gasteiger partial charge in [0, 0.05) is 9.90 Å². The highest BCUT2D eigenvalue weighted by atomic mass is 35.5. The summed E-state index contributed by atoms with van der Waals surface area (Å²) in [5, 5.41) is 22.3. The molecule has 6 nitrogen and oxygen atoms in total. The summed E-state index contributed by atoms with van der Waals surface area (Å²) in [6.45, 7) is -0.530.